The van der Waals surface area contributed by atoms with Gasteiger partial charge in [-0.2, -0.15) is 10.2 Å². The molecule has 2 rings (SSSR count). The van der Waals surface area contributed by atoms with E-state index < -0.39 is 0 Å². The Hall–Kier alpha value is -1.96. The first-order valence-electron chi connectivity index (χ1n) is 7.38. The molecule has 0 spiro atoms. The Balaban J connectivity index is 2.24. The van der Waals surface area contributed by atoms with Crippen molar-refractivity contribution in [2.75, 3.05) is 0 Å². The maximum atomic E-state index is 4.53. The number of hydrogen-bond donors (Lipinski definition) is 0. The van der Waals surface area contributed by atoms with Crippen LogP contribution in [0.5, 0.6) is 0 Å². The van der Waals surface area contributed by atoms with E-state index in [2.05, 4.69) is 93.4 Å². The van der Waals surface area contributed by atoms with Crippen molar-refractivity contribution in [2.24, 2.45) is 10.2 Å². The fraction of sp³-hybridized carbons (Fsp3) is 0.368. The number of nitrogens with zero attached hydrogens (tertiary/aromatic N) is 2. The van der Waals surface area contributed by atoms with Crippen LogP contribution >= 0.6 is 0 Å². The zero-order chi connectivity index (χ0) is 15.5. The second kappa shape index (κ2) is 5.80. The SMILES string of the molecule is CC(C)(C)N=NC(C)(C)c1ccc(-c2ccccc2)cc1. The van der Waals surface area contributed by atoms with E-state index in [4.69, 9.17) is 0 Å². The molecule has 0 amide bonds. The summed E-state index contributed by atoms with van der Waals surface area (Å²) in [4.78, 5) is 0. The fourth-order valence-electron chi connectivity index (χ4n) is 2.03. The van der Waals surface area contributed by atoms with Gasteiger partial charge < -0.3 is 0 Å². The van der Waals surface area contributed by atoms with Crippen LogP contribution in [0, 0.1) is 0 Å². The number of hydrogen-bond acceptors (Lipinski definition) is 2. The van der Waals surface area contributed by atoms with Crippen LogP contribution in [-0.2, 0) is 5.54 Å². The monoisotopic (exact) mass is 280 g/mol. The highest BCUT2D eigenvalue weighted by molar-refractivity contribution is 5.63. The van der Waals surface area contributed by atoms with E-state index in [1.54, 1.807) is 0 Å². The maximum Gasteiger partial charge on any atom is 0.101 e. The summed E-state index contributed by atoms with van der Waals surface area (Å²) < 4.78 is 0. The molecule has 0 saturated carbocycles. The Labute approximate surface area is 127 Å². The van der Waals surface area contributed by atoms with Crippen LogP contribution in [-0.4, -0.2) is 5.54 Å². The van der Waals surface area contributed by atoms with Gasteiger partial charge in [0.2, 0.25) is 0 Å². The molecule has 0 N–H and O–H groups in total. The Morgan fingerprint density at radius 1 is 0.619 bits per heavy atom. The molecule has 0 saturated heterocycles. The first kappa shape index (κ1) is 15.4. The van der Waals surface area contributed by atoms with E-state index in [0.29, 0.717) is 0 Å². The third-order valence-corrected chi connectivity index (χ3v) is 3.30. The van der Waals surface area contributed by atoms with Crippen molar-refractivity contribution < 1.29 is 0 Å². The Morgan fingerprint density at radius 3 is 1.67 bits per heavy atom. The zero-order valence-electron chi connectivity index (χ0n) is 13.6. The average Bonchev–Trinajstić information content (AvgIpc) is 2.46. The molecule has 2 aromatic carbocycles. The predicted octanol–water partition coefficient (Wildman–Crippen LogP) is 5.84. The molecule has 21 heavy (non-hydrogen) atoms. The number of azo groups is 1. The lowest BCUT2D eigenvalue weighted by atomic mass is 9.93. The van der Waals surface area contributed by atoms with Crippen LogP contribution in [0.25, 0.3) is 11.1 Å². The molecule has 0 atom stereocenters. The third kappa shape index (κ3) is 4.25. The van der Waals surface area contributed by atoms with E-state index in [9.17, 15) is 0 Å². The fourth-order valence-corrected chi connectivity index (χ4v) is 2.03. The lowest BCUT2D eigenvalue weighted by Gasteiger charge is -2.21. The first-order valence-corrected chi connectivity index (χ1v) is 7.38. The molecule has 0 aliphatic rings. The summed E-state index contributed by atoms with van der Waals surface area (Å²) in [7, 11) is 0. The number of rotatable bonds is 3. The highest BCUT2D eigenvalue weighted by Crippen LogP contribution is 2.29. The van der Waals surface area contributed by atoms with Crippen molar-refractivity contribution in [1.29, 1.82) is 0 Å². The van der Waals surface area contributed by atoms with E-state index in [1.165, 1.54) is 16.7 Å². The molecule has 0 heterocycles. The Bertz CT molecular complexity index is 602. The van der Waals surface area contributed by atoms with Gasteiger partial charge >= 0.3 is 0 Å². The van der Waals surface area contributed by atoms with Crippen molar-refractivity contribution in [3.63, 3.8) is 0 Å². The molecule has 0 aliphatic heterocycles. The Morgan fingerprint density at radius 2 is 1.14 bits per heavy atom. The normalized spacial score (nSPS) is 12.8. The predicted molar refractivity (Wildman–Crippen MR) is 89.5 cm³/mol. The average molecular weight is 280 g/mol. The minimum absolute atomic E-state index is 0.138. The molecule has 0 bridgehead atoms. The Kier molecular flexibility index (Phi) is 4.26. The highest BCUT2D eigenvalue weighted by Gasteiger charge is 2.21. The largest absolute Gasteiger partial charge is 0.187 e. The van der Waals surface area contributed by atoms with Crippen LogP contribution in [0.4, 0.5) is 0 Å². The second-order valence-corrected chi connectivity index (χ2v) is 6.87. The first-order chi connectivity index (χ1) is 9.78. The third-order valence-electron chi connectivity index (χ3n) is 3.30. The van der Waals surface area contributed by atoms with Gasteiger partial charge in [-0.25, -0.2) is 0 Å². The van der Waals surface area contributed by atoms with Gasteiger partial charge in [0.25, 0.3) is 0 Å². The van der Waals surface area contributed by atoms with E-state index in [-0.39, 0.29) is 11.1 Å². The summed E-state index contributed by atoms with van der Waals surface area (Å²) in [6.07, 6.45) is 0. The van der Waals surface area contributed by atoms with Crippen LogP contribution in [0.15, 0.2) is 64.8 Å². The molecule has 0 aromatic heterocycles. The molecule has 0 unspecified atom stereocenters. The van der Waals surface area contributed by atoms with Crippen LogP contribution in [0.1, 0.15) is 40.2 Å². The van der Waals surface area contributed by atoms with Gasteiger partial charge in [0.05, 0.1) is 5.54 Å². The molecule has 110 valence electrons. The summed E-state index contributed by atoms with van der Waals surface area (Å²) in [5.41, 5.74) is 3.19. The molecule has 2 nitrogen and oxygen atoms in total. The minimum Gasteiger partial charge on any atom is -0.187 e. The highest BCUT2D eigenvalue weighted by atomic mass is 15.2. The van der Waals surface area contributed by atoms with Gasteiger partial charge in [0.1, 0.15) is 5.54 Å². The topological polar surface area (TPSA) is 24.7 Å². The second-order valence-electron chi connectivity index (χ2n) is 6.87. The molecule has 0 fully saturated rings. The maximum absolute atomic E-state index is 4.53. The van der Waals surface area contributed by atoms with Gasteiger partial charge in [0.15, 0.2) is 0 Å². The summed E-state index contributed by atoms with van der Waals surface area (Å²) in [6, 6.07) is 19.0. The minimum atomic E-state index is -0.303. The molecular formula is C19H24N2. The van der Waals surface area contributed by atoms with Crippen molar-refractivity contribution >= 4 is 0 Å². The summed E-state index contributed by atoms with van der Waals surface area (Å²) >= 11 is 0. The molecule has 2 aromatic rings. The van der Waals surface area contributed by atoms with Crippen LogP contribution in [0.3, 0.4) is 0 Å². The standard InChI is InChI=1S/C19H24N2/c1-18(2,3)20-21-19(4,5)17-13-11-16(12-14-17)15-9-7-6-8-10-15/h6-14H,1-5H3. The van der Waals surface area contributed by atoms with Crippen molar-refractivity contribution in [2.45, 2.75) is 45.7 Å². The number of benzene rings is 2. The van der Waals surface area contributed by atoms with Crippen LogP contribution in [0.2, 0.25) is 0 Å². The van der Waals surface area contributed by atoms with Gasteiger partial charge in [-0.1, -0.05) is 54.6 Å². The zero-order valence-corrected chi connectivity index (χ0v) is 13.6. The van der Waals surface area contributed by atoms with Gasteiger partial charge in [0, 0.05) is 0 Å². The van der Waals surface area contributed by atoms with Crippen molar-refractivity contribution in [1.82, 2.24) is 0 Å². The van der Waals surface area contributed by atoms with Gasteiger partial charge in [-0.05, 0) is 51.3 Å². The van der Waals surface area contributed by atoms with Crippen molar-refractivity contribution in [3.05, 3.63) is 60.2 Å². The summed E-state index contributed by atoms with van der Waals surface area (Å²) in [5, 5.41) is 8.94. The molecule has 0 aliphatic carbocycles. The quantitative estimate of drug-likeness (QED) is 0.631. The van der Waals surface area contributed by atoms with Crippen molar-refractivity contribution in [3.8, 4) is 11.1 Å². The lowest BCUT2D eigenvalue weighted by molar-refractivity contribution is 0.452. The summed E-state index contributed by atoms with van der Waals surface area (Å²) in [6.45, 7) is 10.4. The molecular weight excluding hydrogens is 256 g/mol. The van der Waals surface area contributed by atoms with Gasteiger partial charge in [-0.15, -0.1) is 0 Å². The van der Waals surface area contributed by atoms with E-state index in [0.717, 1.165) is 0 Å². The van der Waals surface area contributed by atoms with E-state index >= 15 is 0 Å². The smallest absolute Gasteiger partial charge is 0.101 e. The molecule has 2 heteroatoms. The van der Waals surface area contributed by atoms with Gasteiger partial charge in [-0.3, -0.25) is 0 Å². The van der Waals surface area contributed by atoms with Crippen LogP contribution < -0.4 is 0 Å². The molecule has 0 radical (unpaired) electrons. The van der Waals surface area contributed by atoms with E-state index in [1.807, 2.05) is 6.07 Å². The lowest BCUT2D eigenvalue weighted by Crippen LogP contribution is -2.16. The summed E-state index contributed by atoms with van der Waals surface area (Å²) in [5.74, 6) is 0.